The van der Waals surface area contributed by atoms with Gasteiger partial charge in [-0.25, -0.2) is 0 Å². The van der Waals surface area contributed by atoms with E-state index in [-0.39, 0.29) is 49.5 Å². The van der Waals surface area contributed by atoms with Crippen molar-refractivity contribution in [2.24, 2.45) is 52.3 Å². The summed E-state index contributed by atoms with van der Waals surface area (Å²) < 4.78 is 0. The molecule has 2 rings (SSSR count). The van der Waals surface area contributed by atoms with E-state index in [2.05, 4.69) is 0 Å². The van der Waals surface area contributed by atoms with Crippen molar-refractivity contribution < 1.29 is 49.5 Å². The van der Waals surface area contributed by atoms with Gasteiger partial charge in [0.25, 0.3) is 0 Å². The molecule has 0 spiro atoms. The highest BCUT2D eigenvalue weighted by molar-refractivity contribution is 5.71. The van der Waals surface area contributed by atoms with Crippen LogP contribution in [-0.4, -0.2) is 86.6 Å². The minimum absolute atomic E-state index is 0.0694. The first-order valence-electron chi connectivity index (χ1n) is 13.7. The third kappa shape index (κ3) is 23.5. The van der Waals surface area contributed by atoms with E-state index < -0.39 is 41.7 Å². The molecule has 2 aliphatic carbocycles. The topological polar surface area (TPSA) is 317 Å². The highest BCUT2D eigenvalue weighted by Crippen LogP contribution is 2.23. The summed E-state index contributed by atoms with van der Waals surface area (Å²) in [5.41, 5.74) is 26.3. The SMILES string of the molecule is CC(CN)C(=O)O.CC(N)C(C)C(=O)O.NC1CCCC1C(=O)O.NC1CCCCCC1C(=O)O.NCCC(=O)O. The highest BCUT2D eigenvalue weighted by Gasteiger charge is 2.29. The molecule has 0 radical (unpaired) electrons. The van der Waals surface area contributed by atoms with E-state index in [1.807, 2.05) is 0 Å². The first-order valence-corrected chi connectivity index (χ1v) is 13.7. The number of nitrogens with two attached hydrogens (primary N) is 5. The molecule has 2 aliphatic rings. The molecule has 0 aromatic carbocycles. The second-order valence-electron chi connectivity index (χ2n) is 10.2. The third-order valence-corrected chi connectivity index (χ3v) is 6.58. The quantitative estimate of drug-likeness (QED) is 0.169. The molecule has 0 saturated heterocycles. The summed E-state index contributed by atoms with van der Waals surface area (Å²) in [6.07, 6.45) is 7.55. The number of hydrogen-bond acceptors (Lipinski definition) is 10. The maximum absolute atomic E-state index is 10.6. The van der Waals surface area contributed by atoms with Crippen LogP contribution in [0, 0.1) is 23.7 Å². The van der Waals surface area contributed by atoms with Gasteiger partial charge in [-0.1, -0.05) is 39.5 Å². The largest absolute Gasteiger partial charge is 0.481 e. The van der Waals surface area contributed by atoms with E-state index in [1.165, 1.54) is 0 Å². The molecule has 41 heavy (non-hydrogen) atoms. The number of rotatable bonds is 8. The average Bonchev–Trinajstić information content (AvgIpc) is 3.20. The van der Waals surface area contributed by atoms with Crippen LogP contribution >= 0.6 is 0 Å². The molecule has 7 atom stereocenters. The van der Waals surface area contributed by atoms with Crippen LogP contribution in [0.25, 0.3) is 0 Å². The summed E-state index contributed by atoms with van der Waals surface area (Å²) in [6, 6.07) is -0.468. The van der Waals surface area contributed by atoms with E-state index in [1.54, 1.807) is 20.8 Å². The maximum atomic E-state index is 10.6. The fourth-order valence-corrected chi connectivity index (χ4v) is 3.39. The minimum Gasteiger partial charge on any atom is -0.481 e. The van der Waals surface area contributed by atoms with Crippen molar-refractivity contribution in [2.45, 2.75) is 96.7 Å². The normalized spacial score (nSPS) is 23.3. The smallest absolute Gasteiger partial charge is 0.308 e. The second-order valence-corrected chi connectivity index (χ2v) is 10.2. The molecule has 15 N–H and O–H groups in total. The number of aliphatic carboxylic acids is 5. The monoisotopic (exact) mass is 595 g/mol. The van der Waals surface area contributed by atoms with Gasteiger partial charge in [0.2, 0.25) is 0 Å². The highest BCUT2D eigenvalue weighted by atomic mass is 16.4. The van der Waals surface area contributed by atoms with Crippen LogP contribution in [0.1, 0.15) is 78.6 Å². The van der Waals surface area contributed by atoms with Crippen molar-refractivity contribution in [3.05, 3.63) is 0 Å². The van der Waals surface area contributed by atoms with Gasteiger partial charge in [0.15, 0.2) is 0 Å². The number of carboxylic acid groups (broad SMARTS) is 5. The summed E-state index contributed by atoms with van der Waals surface area (Å²) in [5, 5.41) is 41.5. The van der Waals surface area contributed by atoms with Gasteiger partial charge in [0.1, 0.15) is 0 Å². The lowest BCUT2D eigenvalue weighted by atomic mass is 9.96. The number of hydrogen-bond donors (Lipinski definition) is 10. The molecule has 0 aliphatic heterocycles. The Labute approximate surface area is 241 Å². The van der Waals surface area contributed by atoms with Gasteiger partial charge in [-0.15, -0.1) is 0 Å². The Morgan fingerprint density at radius 3 is 1.29 bits per heavy atom. The maximum Gasteiger partial charge on any atom is 0.308 e. The van der Waals surface area contributed by atoms with Gasteiger partial charge in [-0.05, 0) is 32.6 Å². The van der Waals surface area contributed by atoms with Gasteiger partial charge >= 0.3 is 29.8 Å². The minimum atomic E-state index is -0.836. The van der Waals surface area contributed by atoms with Crippen molar-refractivity contribution >= 4 is 29.8 Å². The Hall–Kier alpha value is -2.85. The van der Waals surface area contributed by atoms with Gasteiger partial charge < -0.3 is 54.2 Å². The zero-order chi connectivity index (χ0) is 32.7. The molecular formula is C26H53N5O10. The molecule has 15 nitrogen and oxygen atoms in total. The van der Waals surface area contributed by atoms with Gasteiger partial charge in [0, 0.05) is 31.2 Å². The standard InChI is InChI=1S/C8H15NO2.C6H11NO2.C5H11NO2.C4H9NO2.C3H7NO2/c9-7-5-3-1-2-4-6(7)8(10)11;7-5-3-1-2-4(5)6(8)9;1-3(4(2)6)5(7)8;1-3(2-5)4(6)7;4-2-1-3(5)6/h6-7H,1-5,9H2,(H,10,11);4-5H,1-3,7H2,(H,8,9);3-4H,6H2,1-2H3,(H,7,8);3H,2,5H2,1H3,(H,6,7);1-2,4H2,(H,5,6). The van der Waals surface area contributed by atoms with Crippen LogP contribution in [0.15, 0.2) is 0 Å². The Balaban J connectivity index is -0.000000448. The lowest BCUT2D eigenvalue weighted by molar-refractivity contribution is -0.143. The zero-order valence-corrected chi connectivity index (χ0v) is 24.5. The Bertz CT molecular complexity index is 769. The molecule has 0 heterocycles. The summed E-state index contributed by atoms with van der Waals surface area (Å²) >= 11 is 0. The summed E-state index contributed by atoms with van der Waals surface area (Å²) in [5.74, 6) is -5.36. The number of carboxylic acids is 5. The zero-order valence-electron chi connectivity index (χ0n) is 24.5. The van der Waals surface area contributed by atoms with Crippen LogP contribution in [0.3, 0.4) is 0 Å². The van der Waals surface area contributed by atoms with Crippen molar-refractivity contribution in [1.29, 1.82) is 0 Å². The predicted molar refractivity (Wildman–Crippen MR) is 153 cm³/mol. The second kappa shape index (κ2) is 24.9. The van der Waals surface area contributed by atoms with Gasteiger partial charge in [-0.3, -0.25) is 24.0 Å². The van der Waals surface area contributed by atoms with Crippen LogP contribution in [0.5, 0.6) is 0 Å². The van der Waals surface area contributed by atoms with Crippen LogP contribution in [-0.2, 0) is 24.0 Å². The molecule has 2 saturated carbocycles. The van der Waals surface area contributed by atoms with E-state index in [9.17, 15) is 24.0 Å². The predicted octanol–water partition coefficient (Wildman–Crippen LogP) is 0.317. The molecule has 15 heteroatoms. The van der Waals surface area contributed by atoms with E-state index in [0.717, 1.165) is 51.4 Å². The van der Waals surface area contributed by atoms with Gasteiger partial charge in [0.05, 0.1) is 30.1 Å². The summed E-state index contributed by atoms with van der Waals surface area (Å²) in [4.78, 5) is 50.4. The van der Waals surface area contributed by atoms with Crippen molar-refractivity contribution in [3.63, 3.8) is 0 Å². The van der Waals surface area contributed by atoms with Crippen LogP contribution in [0.2, 0.25) is 0 Å². The molecule has 0 aromatic heterocycles. The first kappa shape index (κ1) is 42.6. The Morgan fingerprint density at radius 1 is 0.683 bits per heavy atom. The molecule has 0 aromatic rings. The molecular weight excluding hydrogens is 542 g/mol. The van der Waals surface area contributed by atoms with Crippen LogP contribution < -0.4 is 28.7 Å². The third-order valence-electron chi connectivity index (χ3n) is 6.58. The Kier molecular flexibility index (Phi) is 25.9. The number of carbonyl (C=O) groups is 5. The van der Waals surface area contributed by atoms with Crippen molar-refractivity contribution in [3.8, 4) is 0 Å². The lowest BCUT2D eigenvalue weighted by Gasteiger charge is -2.15. The molecule has 2 fully saturated rings. The molecule has 0 bridgehead atoms. The first-order chi connectivity index (χ1) is 18.9. The van der Waals surface area contributed by atoms with Crippen molar-refractivity contribution in [2.75, 3.05) is 13.1 Å². The summed E-state index contributed by atoms with van der Waals surface area (Å²) in [7, 11) is 0. The average molecular weight is 596 g/mol. The lowest BCUT2D eigenvalue weighted by Crippen LogP contribution is -2.34. The fourth-order valence-electron chi connectivity index (χ4n) is 3.39. The van der Waals surface area contributed by atoms with Gasteiger partial charge in [-0.2, -0.15) is 0 Å². The van der Waals surface area contributed by atoms with E-state index >= 15 is 0 Å². The molecule has 242 valence electrons. The molecule has 0 amide bonds. The van der Waals surface area contributed by atoms with E-state index in [0.29, 0.717) is 0 Å². The fraction of sp³-hybridized carbons (Fsp3) is 0.808. The van der Waals surface area contributed by atoms with E-state index in [4.69, 9.17) is 54.2 Å². The van der Waals surface area contributed by atoms with Crippen molar-refractivity contribution in [1.82, 2.24) is 0 Å². The van der Waals surface area contributed by atoms with Crippen LogP contribution in [0.4, 0.5) is 0 Å². The molecule has 7 unspecified atom stereocenters. The Morgan fingerprint density at radius 2 is 1.10 bits per heavy atom. The summed E-state index contributed by atoms with van der Waals surface area (Å²) in [6.45, 7) is 5.29.